The molecule has 4 rings (SSSR count). The first kappa shape index (κ1) is 22.6. The zero-order chi connectivity index (χ0) is 22.9. The molecule has 1 aliphatic rings. The van der Waals surface area contributed by atoms with Crippen molar-refractivity contribution in [1.82, 2.24) is 9.62 Å². The van der Waals surface area contributed by atoms with Crippen LogP contribution in [-0.2, 0) is 34.1 Å². The molecule has 0 aliphatic heterocycles. The highest BCUT2D eigenvalue weighted by Gasteiger charge is 2.22. The molecule has 0 spiro atoms. The van der Waals surface area contributed by atoms with Gasteiger partial charge in [-0.05, 0) is 67.1 Å². The summed E-state index contributed by atoms with van der Waals surface area (Å²) in [7, 11) is -3.49. The molecule has 0 bridgehead atoms. The largest absolute Gasteiger partial charge is 0.464 e. The van der Waals surface area contributed by atoms with Crippen LogP contribution in [0.1, 0.15) is 55.5 Å². The van der Waals surface area contributed by atoms with Gasteiger partial charge in [-0.15, -0.1) is 0 Å². The third kappa shape index (κ3) is 4.32. The highest BCUT2D eigenvalue weighted by Crippen LogP contribution is 2.30. The van der Waals surface area contributed by atoms with Crippen molar-refractivity contribution < 1.29 is 17.6 Å². The van der Waals surface area contributed by atoms with E-state index in [4.69, 9.17) is 4.42 Å². The number of hydrogen-bond acceptors (Lipinski definition) is 4. The van der Waals surface area contributed by atoms with Gasteiger partial charge in [0.05, 0.1) is 23.6 Å². The second-order valence-electron chi connectivity index (χ2n) is 8.36. The van der Waals surface area contributed by atoms with Crippen molar-refractivity contribution in [1.29, 1.82) is 0 Å². The van der Waals surface area contributed by atoms with Crippen LogP contribution in [-0.4, -0.2) is 31.7 Å². The summed E-state index contributed by atoms with van der Waals surface area (Å²) in [6, 6.07) is 10.8. The molecular formula is C25H30N2O4S. The number of rotatable bonds is 8. The number of benzene rings is 2. The molecule has 2 aromatic carbocycles. The Balaban J connectivity index is 1.43. The second kappa shape index (κ2) is 9.08. The van der Waals surface area contributed by atoms with Crippen molar-refractivity contribution >= 4 is 26.9 Å². The van der Waals surface area contributed by atoms with E-state index in [0.29, 0.717) is 13.1 Å². The summed E-state index contributed by atoms with van der Waals surface area (Å²) in [6.45, 7) is 6.40. The molecule has 0 saturated carbocycles. The van der Waals surface area contributed by atoms with Crippen molar-refractivity contribution in [2.24, 2.45) is 0 Å². The highest BCUT2D eigenvalue weighted by atomic mass is 32.2. The number of nitrogens with zero attached hydrogens (tertiary/aromatic N) is 1. The van der Waals surface area contributed by atoms with E-state index in [1.807, 2.05) is 20.8 Å². The number of sulfonamides is 1. The third-order valence-corrected chi connectivity index (χ3v) is 8.38. The summed E-state index contributed by atoms with van der Waals surface area (Å²) in [6.07, 6.45) is 5.26. The van der Waals surface area contributed by atoms with E-state index in [9.17, 15) is 13.2 Å². The molecule has 32 heavy (non-hydrogen) atoms. The van der Waals surface area contributed by atoms with Gasteiger partial charge in [0.2, 0.25) is 15.9 Å². The van der Waals surface area contributed by atoms with Gasteiger partial charge in [-0.3, -0.25) is 4.79 Å². The van der Waals surface area contributed by atoms with E-state index in [1.165, 1.54) is 21.9 Å². The van der Waals surface area contributed by atoms with Gasteiger partial charge in [-0.1, -0.05) is 26.0 Å². The van der Waals surface area contributed by atoms with E-state index >= 15 is 0 Å². The van der Waals surface area contributed by atoms with Crippen LogP contribution < -0.4 is 5.32 Å². The third-order valence-electron chi connectivity index (χ3n) is 6.32. The summed E-state index contributed by atoms with van der Waals surface area (Å²) in [5.41, 5.74) is 5.29. The Hall–Kier alpha value is -2.64. The molecule has 1 heterocycles. The van der Waals surface area contributed by atoms with Crippen LogP contribution in [0.3, 0.4) is 0 Å². The van der Waals surface area contributed by atoms with Crippen molar-refractivity contribution in [2.75, 3.05) is 13.1 Å². The minimum Gasteiger partial charge on any atom is -0.464 e. The number of furan rings is 1. The summed E-state index contributed by atoms with van der Waals surface area (Å²) in [5.74, 6) is -0.0967. The second-order valence-corrected chi connectivity index (χ2v) is 10.3. The first-order valence-electron chi connectivity index (χ1n) is 11.2. The van der Waals surface area contributed by atoms with Gasteiger partial charge in [0.15, 0.2) is 0 Å². The van der Waals surface area contributed by atoms with Crippen LogP contribution >= 0.6 is 0 Å². The van der Waals surface area contributed by atoms with E-state index in [2.05, 4.69) is 17.4 Å². The average molecular weight is 455 g/mol. The number of nitrogens with one attached hydrogen (secondary N) is 1. The van der Waals surface area contributed by atoms with Crippen molar-refractivity contribution in [3.63, 3.8) is 0 Å². The molecule has 0 saturated heterocycles. The number of amides is 1. The average Bonchev–Trinajstić information content (AvgIpc) is 3.39. The van der Waals surface area contributed by atoms with Crippen LogP contribution in [0, 0.1) is 0 Å². The predicted molar refractivity (Wildman–Crippen MR) is 125 cm³/mol. The molecule has 0 unspecified atom stereocenters. The SMILES string of the molecule is CCN(CC)S(=O)(=O)c1ccc([C@@H](C)NC(=O)Cc2coc3cc4c(cc23)CCC4)cc1. The Labute approximate surface area is 189 Å². The lowest BCUT2D eigenvalue weighted by atomic mass is 10.0. The first-order chi connectivity index (χ1) is 15.3. The van der Waals surface area contributed by atoms with Gasteiger partial charge in [0, 0.05) is 24.0 Å². The molecule has 7 heteroatoms. The molecular weight excluding hydrogens is 424 g/mol. The van der Waals surface area contributed by atoms with Crippen molar-refractivity contribution in [3.8, 4) is 0 Å². The zero-order valence-corrected chi connectivity index (χ0v) is 19.7. The zero-order valence-electron chi connectivity index (χ0n) is 18.8. The minimum absolute atomic E-state index is 0.0967. The topological polar surface area (TPSA) is 79.6 Å². The fraction of sp³-hybridized carbons (Fsp3) is 0.400. The van der Waals surface area contributed by atoms with Gasteiger partial charge >= 0.3 is 0 Å². The Morgan fingerprint density at radius 3 is 2.41 bits per heavy atom. The van der Waals surface area contributed by atoms with Crippen molar-refractivity contribution in [3.05, 3.63) is 64.9 Å². The monoisotopic (exact) mass is 454 g/mol. The minimum atomic E-state index is -3.49. The molecule has 6 nitrogen and oxygen atoms in total. The Bertz CT molecular complexity index is 1220. The number of carbonyl (C=O) groups excluding carboxylic acids is 1. The lowest BCUT2D eigenvalue weighted by Gasteiger charge is -2.19. The molecule has 1 N–H and O–H groups in total. The Kier molecular flexibility index (Phi) is 6.40. The van der Waals surface area contributed by atoms with Gasteiger partial charge in [-0.2, -0.15) is 4.31 Å². The van der Waals surface area contributed by atoms with E-state index in [-0.39, 0.29) is 23.3 Å². The summed E-state index contributed by atoms with van der Waals surface area (Å²) >= 11 is 0. The fourth-order valence-electron chi connectivity index (χ4n) is 4.47. The molecule has 1 atom stereocenters. The summed E-state index contributed by atoms with van der Waals surface area (Å²) in [4.78, 5) is 13.0. The molecule has 1 aliphatic carbocycles. The molecule has 1 aromatic heterocycles. The lowest BCUT2D eigenvalue weighted by Crippen LogP contribution is -2.30. The van der Waals surface area contributed by atoms with Crippen LogP contribution in [0.5, 0.6) is 0 Å². The quantitative estimate of drug-likeness (QED) is 0.548. The first-order valence-corrected chi connectivity index (χ1v) is 12.7. The Morgan fingerprint density at radius 1 is 1.09 bits per heavy atom. The lowest BCUT2D eigenvalue weighted by molar-refractivity contribution is -0.121. The van der Waals surface area contributed by atoms with Crippen LogP contribution in [0.15, 0.2) is 52.0 Å². The van der Waals surface area contributed by atoms with Crippen LogP contribution in [0.2, 0.25) is 0 Å². The fourth-order valence-corrected chi connectivity index (χ4v) is 5.93. The highest BCUT2D eigenvalue weighted by molar-refractivity contribution is 7.89. The number of fused-ring (bicyclic) bond motifs is 2. The van der Waals surface area contributed by atoms with E-state index in [0.717, 1.165) is 34.9 Å². The summed E-state index contributed by atoms with van der Waals surface area (Å²) in [5, 5.41) is 4.03. The normalized spacial score (nSPS) is 14.6. The molecule has 0 radical (unpaired) electrons. The van der Waals surface area contributed by atoms with Crippen molar-refractivity contribution in [2.45, 2.75) is 57.4 Å². The Morgan fingerprint density at radius 2 is 1.75 bits per heavy atom. The molecule has 1 amide bonds. The maximum Gasteiger partial charge on any atom is 0.243 e. The van der Waals surface area contributed by atoms with E-state index in [1.54, 1.807) is 30.5 Å². The molecule has 0 fully saturated rings. The predicted octanol–water partition coefficient (Wildman–Crippen LogP) is 4.37. The maximum atomic E-state index is 12.7. The smallest absolute Gasteiger partial charge is 0.243 e. The standard InChI is InChI=1S/C25H30N2O4S/c1-4-27(5-2)32(29,30)22-11-9-18(10-12-22)17(3)26-25(28)15-21-16-31-24-14-20-8-6-7-19(20)13-23(21)24/h9-14,16-17H,4-8,15H2,1-3H3,(H,26,28)/t17-/m1/s1. The van der Waals surface area contributed by atoms with Gasteiger partial charge in [0.25, 0.3) is 0 Å². The summed E-state index contributed by atoms with van der Waals surface area (Å²) < 4.78 is 32.4. The number of aryl methyl sites for hydroxylation is 2. The van der Waals surface area contributed by atoms with Gasteiger partial charge in [-0.25, -0.2) is 8.42 Å². The van der Waals surface area contributed by atoms with Gasteiger partial charge < -0.3 is 9.73 Å². The number of hydrogen-bond donors (Lipinski definition) is 1. The molecule has 170 valence electrons. The van der Waals surface area contributed by atoms with Crippen LogP contribution in [0.25, 0.3) is 11.0 Å². The van der Waals surface area contributed by atoms with Crippen LogP contribution in [0.4, 0.5) is 0 Å². The van der Waals surface area contributed by atoms with E-state index < -0.39 is 10.0 Å². The maximum absolute atomic E-state index is 12.7. The van der Waals surface area contributed by atoms with Gasteiger partial charge in [0.1, 0.15) is 5.58 Å². The molecule has 3 aromatic rings. The number of carbonyl (C=O) groups is 1.